The van der Waals surface area contributed by atoms with Gasteiger partial charge in [-0.1, -0.05) is 0 Å². The molecule has 0 radical (unpaired) electrons. The third kappa shape index (κ3) is 2.20. The van der Waals surface area contributed by atoms with Crippen molar-refractivity contribution < 1.29 is 19.1 Å². The predicted octanol–water partition coefficient (Wildman–Crippen LogP) is 2.49. The lowest BCUT2D eigenvalue weighted by molar-refractivity contribution is -0.143. The molecule has 1 atom stereocenters. The molecule has 116 valence electrons. The van der Waals surface area contributed by atoms with Gasteiger partial charge in [0.1, 0.15) is 11.5 Å². The molecule has 3 heterocycles. The number of amides is 1. The molecule has 6 nitrogen and oxygen atoms in total. The third-order valence-electron chi connectivity index (χ3n) is 4.02. The van der Waals surface area contributed by atoms with Crippen LogP contribution in [0.25, 0.3) is 0 Å². The van der Waals surface area contributed by atoms with Crippen LogP contribution in [-0.4, -0.2) is 33.0 Å². The summed E-state index contributed by atoms with van der Waals surface area (Å²) in [5.74, 6) is -0.660. The number of carbonyl (C=O) groups is 2. The predicted molar refractivity (Wildman–Crippen MR) is 78.6 cm³/mol. The minimum absolute atomic E-state index is 0.131. The van der Waals surface area contributed by atoms with Crippen LogP contribution in [0.1, 0.15) is 47.7 Å². The van der Waals surface area contributed by atoms with Gasteiger partial charge in [-0.05, 0) is 32.0 Å². The molecule has 6 heteroatoms. The van der Waals surface area contributed by atoms with Gasteiger partial charge in [0, 0.05) is 30.8 Å². The lowest BCUT2D eigenvalue weighted by Gasteiger charge is -2.32. The number of aromatic nitrogens is 1. The zero-order valence-corrected chi connectivity index (χ0v) is 12.5. The molecule has 1 N–H and O–H groups in total. The van der Waals surface area contributed by atoms with Crippen molar-refractivity contribution in [1.82, 2.24) is 9.47 Å². The van der Waals surface area contributed by atoms with Gasteiger partial charge >= 0.3 is 5.97 Å². The van der Waals surface area contributed by atoms with Gasteiger partial charge in [0.2, 0.25) is 0 Å². The van der Waals surface area contributed by atoms with Crippen molar-refractivity contribution >= 4 is 11.9 Å². The van der Waals surface area contributed by atoms with E-state index >= 15 is 0 Å². The molecular weight excluding hydrogens is 284 g/mol. The number of nitrogens with zero attached hydrogens (tertiary/aromatic N) is 2. The lowest BCUT2D eigenvalue weighted by Crippen LogP contribution is -2.43. The summed E-state index contributed by atoms with van der Waals surface area (Å²) in [5.41, 5.74) is 1.07. The molecule has 1 aliphatic rings. The summed E-state index contributed by atoms with van der Waals surface area (Å²) < 4.78 is 7.16. The number of rotatable bonds is 3. The maximum atomic E-state index is 12.8. The van der Waals surface area contributed by atoms with Crippen molar-refractivity contribution in [3.8, 4) is 0 Å². The number of carboxylic acids is 1. The molecule has 22 heavy (non-hydrogen) atoms. The van der Waals surface area contributed by atoms with Crippen molar-refractivity contribution in [2.75, 3.05) is 6.54 Å². The Balaban J connectivity index is 1.98. The smallest absolute Gasteiger partial charge is 0.331 e. The Morgan fingerprint density at radius 3 is 2.82 bits per heavy atom. The van der Waals surface area contributed by atoms with Crippen molar-refractivity contribution in [3.63, 3.8) is 0 Å². The Labute approximate surface area is 127 Å². The van der Waals surface area contributed by atoms with E-state index in [1.54, 1.807) is 18.2 Å². The molecule has 1 aliphatic heterocycles. The zero-order chi connectivity index (χ0) is 15.9. The lowest BCUT2D eigenvalue weighted by atomic mass is 9.99. The molecule has 1 amide bonds. The van der Waals surface area contributed by atoms with E-state index in [2.05, 4.69) is 0 Å². The first-order valence-corrected chi connectivity index (χ1v) is 7.27. The van der Waals surface area contributed by atoms with Crippen LogP contribution in [-0.2, 0) is 11.2 Å². The van der Waals surface area contributed by atoms with Crippen LogP contribution in [0.15, 0.2) is 35.1 Å². The van der Waals surface area contributed by atoms with Gasteiger partial charge in [-0.2, -0.15) is 0 Å². The molecule has 0 spiro atoms. The quantitative estimate of drug-likeness (QED) is 0.945. The summed E-state index contributed by atoms with van der Waals surface area (Å²) in [5, 5.41) is 9.56. The third-order valence-corrected chi connectivity index (χ3v) is 4.02. The minimum atomic E-state index is -1.04. The molecule has 0 aromatic carbocycles. The second-order valence-corrected chi connectivity index (χ2v) is 5.68. The SMILES string of the molecule is CC(C)n1cccc1C(=O)N1CCc2occc2C1C(=O)O. The fourth-order valence-corrected chi connectivity index (χ4v) is 2.97. The van der Waals surface area contributed by atoms with E-state index in [0.717, 1.165) is 0 Å². The van der Waals surface area contributed by atoms with Gasteiger partial charge in [0.15, 0.2) is 6.04 Å². The number of carbonyl (C=O) groups excluding carboxylic acids is 1. The maximum absolute atomic E-state index is 12.8. The largest absolute Gasteiger partial charge is 0.479 e. The van der Waals surface area contributed by atoms with Crippen LogP contribution in [0.3, 0.4) is 0 Å². The zero-order valence-electron chi connectivity index (χ0n) is 12.5. The Morgan fingerprint density at radius 1 is 1.36 bits per heavy atom. The Bertz CT molecular complexity index is 713. The Morgan fingerprint density at radius 2 is 2.14 bits per heavy atom. The highest BCUT2D eigenvalue weighted by Gasteiger charge is 2.38. The molecule has 3 rings (SSSR count). The molecular formula is C16H18N2O4. The van der Waals surface area contributed by atoms with Crippen molar-refractivity contribution in [1.29, 1.82) is 0 Å². The fraction of sp³-hybridized carbons (Fsp3) is 0.375. The van der Waals surface area contributed by atoms with Gasteiger partial charge < -0.3 is 19.0 Å². The van der Waals surface area contributed by atoms with E-state index in [-0.39, 0.29) is 11.9 Å². The summed E-state index contributed by atoms with van der Waals surface area (Å²) in [7, 11) is 0. The van der Waals surface area contributed by atoms with Crippen LogP contribution in [0.2, 0.25) is 0 Å². The fourth-order valence-electron chi connectivity index (χ4n) is 2.97. The van der Waals surface area contributed by atoms with Crippen LogP contribution in [0, 0.1) is 0 Å². The number of carboxylic acid groups (broad SMARTS) is 1. The molecule has 2 aromatic rings. The first-order valence-electron chi connectivity index (χ1n) is 7.27. The number of furan rings is 1. The van der Waals surface area contributed by atoms with Crippen molar-refractivity contribution in [2.45, 2.75) is 32.4 Å². The summed E-state index contributed by atoms with van der Waals surface area (Å²) in [6.07, 6.45) is 3.84. The highest BCUT2D eigenvalue weighted by molar-refractivity contribution is 5.96. The topological polar surface area (TPSA) is 75.7 Å². The maximum Gasteiger partial charge on any atom is 0.331 e. The first kappa shape index (κ1) is 14.4. The summed E-state index contributed by atoms with van der Waals surface area (Å²) >= 11 is 0. The average molecular weight is 302 g/mol. The highest BCUT2D eigenvalue weighted by atomic mass is 16.4. The Kier molecular flexibility index (Phi) is 3.52. The van der Waals surface area contributed by atoms with Crippen LogP contribution >= 0.6 is 0 Å². The second-order valence-electron chi connectivity index (χ2n) is 5.68. The number of fused-ring (bicyclic) bond motifs is 1. The minimum Gasteiger partial charge on any atom is -0.479 e. The molecule has 2 aromatic heterocycles. The van der Waals surface area contributed by atoms with Gasteiger partial charge in [0.25, 0.3) is 5.91 Å². The number of hydrogen-bond acceptors (Lipinski definition) is 3. The monoisotopic (exact) mass is 302 g/mol. The number of hydrogen-bond donors (Lipinski definition) is 1. The second kappa shape index (κ2) is 5.36. The van der Waals surface area contributed by atoms with Crippen LogP contribution in [0.4, 0.5) is 0 Å². The van der Waals surface area contributed by atoms with Crippen molar-refractivity contribution in [3.05, 3.63) is 47.7 Å². The van der Waals surface area contributed by atoms with E-state index in [4.69, 9.17) is 4.42 Å². The van der Waals surface area contributed by atoms with E-state index in [1.165, 1.54) is 11.2 Å². The van der Waals surface area contributed by atoms with Gasteiger partial charge in [-0.25, -0.2) is 4.79 Å². The molecule has 0 fully saturated rings. The van der Waals surface area contributed by atoms with Crippen LogP contribution < -0.4 is 0 Å². The summed E-state index contributed by atoms with van der Waals surface area (Å²) in [6.45, 7) is 4.30. The molecule has 1 unspecified atom stereocenters. The first-order chi connectivity index (χ1) is 10.5. The van der Waals surface area contributed by atoms with Gasteiger partial charge in [0.05, 0.1) is 6.26 Å². The number of aliphatic carboxylic acids is 1. The normalized spacial score (nSPS) is 17.6. The molecule has 0 saturated heterocycles. The molecule has 0 bridgehead atoms. The average Bonchev–Trinajstić information content (AvgIpc) is 3.13. The Hall–Kier alpha value is -2.50. The van der Waals surface area contributed by atoms with E-state index in [1.807, 2.05) is 24.6 Å². The summed E-state index contributed by atoms with van der Waals surface area (Å²) in [6, 6.07) is 4.30. The van der Waals surface area contributed by atoms with Crippen LogP contribution in [0.5, 0.6) is 0 Å². The standard InChI is InChI=1S/C16H18N2O4/c1-10(2)17-7-3-4-12(17)15(19)18-8-5-13-11(6-9-22-13)14(18)16(20)21/h3-4,6-7,9-10,14H,5,8H2,1-2H3,(H,20,21). The molecule has 0 saturated carbocycles. The van der Waals surface area contributed by atoms with Crippen molar-refractivity contribution in [2.24, 2.45) is 0 Å². The summed E-state index contributed by atoms with van der Waals surface area (Å²) in [4.78, 5) is 25.9. The molecule has 0 aliphatic carbocycles. The highest BCUT2D eigenvalue weighted by Crippen LogP contribution is 2.32. The van der Waals surface area contributed by atoms with E-state index in [9.17, 15) is 14.7 Å². The van der Waals surface area contributed by atoms with Gasteiger partial charge in [-0.15, -0.1) is 0 Å². The van der Waals surface area contributed by atoms with E-state index in [0.29, 0.717) is 30.0 Å². The van der Waals surface area contributed by atoms with E-state index < -0.39 is 12.0 Å². The van der Waals surface area contributed by atoms with Gasteiger partial charge in [-0.3, -0.25) is 4.79 Å².